The summed E-state index contributed by atoms with van der Waals surface area (Å²) in [5, 5.41) is 16.1. The van der Waals surface area contributed by atoms with Crippen LogP contribution in [0.15, 0.2) is 36.5 Å². The van der Waals surface area contributed by atoms with Gasteiger partial charge >= 0.3 is 24.3 Å². The number of nitrogens with one attached hydrogen (secondary N) is 2. The second-order valence-electron chi connectivity index (χ2n) is 10.6. The zero-order chi connectivity index (χ0) is 33.1. The van der Waals surface area contributed by atoms with Crippen molar-refractivity contribution in [1.29, 1.82) is 0 Å². The average Bonchev–Trinajstić information content (AvgIpc) is 3.27. The zero-order valence-electron chi connectivity index (χ0n) is 25.1. The summed E-state index contributed by atoms with van der Waals surface area (Å²) in [5.74, 6) is -3.41. The van der Waals surface area contributed by atoms with Gasteiger partial charge in [0.05, 0.1) is 18.4 Å². The topological polar surface area (TPSA) is 175 Å². The molecule has 2 aliphatic heterocycles. The number of hydrogen-bond donors (Lipinski definition) is 3. The molecule has 5 atom stereocenters. The van der Waals surface area contributed by atoms with Gasteiger partial charge in [0.1, 0.15) is 11.9 Å². The van der Waals surface area contributed by atoms with E-state index in [0.717, 1.165) is 4.90 Å². The lowest BCUT2D eigenvalue weighted by molar-refractivity contribution is -0.286. The Kier molecular flexibility index (Phi) is 10.1. The number of esters is 2. The summed E-state index contributed by atoms with van der Waals surface area (Å²) in [7, 11) is 0. The summed E-state index contributed by atoms with van der Waals surface area (Å²) in [5.41, 5.74) is 0.967. The van der Waals surface area contributed by atoms with Crippen molar-refractivity contribution in [1.82, 2.24) is 15.2 Å². The van der Waals surface area contributed by atoms with Crippen LogP contribution in [0.4, 0.5) is 19.4 Å². The average molecular weight is 637 g/mol. The third-order valence-corrected chi connectivity index (χ3v) is 6.91. The van der Waals surface area contributed by atoms with Crippen LogP contribution in [-0.4, -0.2) is 70.5 Å². The number of aliphatic hydroxyl groups excluding tert-OH is 1. The molecule has 3 N–H and O–H groups in total. The number of β-lactam (4-membered cyclic amide) rings is 1. The summed E-state index contributed by atoms with van der Waals surface area (Å²) in [6, 6.07) is 5.32. The highest BCUT2D eigenvalue weighted by atomic mass is 19.3. The molecule has 3 heterocycles. The van der Waals surface area contributed by atoms with Crippen LogP contribution in [-0.2, 0) is 35.0 Å². The number of halogens is 2. The van der Waals surface area contributed by atoms with Crippen LogP contribution in [0.1, 0.15) is 51.8 Å². The molecule has 0 aliphatic carbocycles. The molecule has 2 amide bonds. The fraction of sp³-hybridized carbons (Fsp3) is 0.483. The first-order valence-electron chi connectivity index (χ1n) is 14.1. The third kappa shape index (κ3) is 7.94. The number of nitrogens with zero attached hydrogens (tertiary/aromatic N) is 2. The Labute approximate surface area is 256 Å². The van der Waals surface area contributed by atoms with Crippen molar-refractivity contribution in [3.8, 4) is 11.5 Å². The number of likely N-dealkylation sites (tertiary alicyclic amines) is 1. The van der Waals surface area contributed by atoms with Gasteiger partial charge in [-0.25, -0.2) is 14.6 Å². The quantitative estimate of drug-likeness (QED) is 0.177. The Morgan fingerprint density at radius 3 is 2.49 bits per heavy atom. The molecule has 0 saturated carbocycles. The Morgan fingerprint density at radius 1 is 1.09 bits per heavy atom. The van der Waals surface area contributed by atoms with Gasteiger partial charge in [-0.05, 0) is 55.7 Å². The van der Waals surface area contributed by atoms with Crippen LogP contribution in [0.2, 0.25) is 0 Å². The minimum atomic E-state index is -3.79. The maximum Gasteiger partial charge on any atom is 0.586 e. The molecule has 2 unspecified atom stereocenters. The van der Waals surface area contributed by atoms with E-state index in [1.807, 2.05) is 0 Å². The second-order valence-corrected chi connectivity index (χ2v) is 10.6. The minimum absolute atomic E-state index is 0.0299. The van der Waals surface area contributed by atoms with Gasteiger partial charge in [-0.2, -0.15) is 0 Å². The molecule has 244 valence electrons. The molecule has 1 saturated heterocycles. The van der Waals surface area contributed by atoms with E-state index in [1.165, 1.54) is 37.4 Å². The highest BCUT2D eigenvalue weighted by Gasteiger charge is 2.55. The molecule has 14 nitrogen and oxygen atoms in total. The number of ether oxygens (including phenoxy) is 5. The van der Waals surface area contributed by atoms with Crippen LogP contribution in [0.25, 0.3) is 0 Å². The van der Waals surface area contributed by atoms with E-state index in [4.69, 9.17) is 14.2 Å². The number of benzene rings is 1. The molecule has 1 aromatic carbocycles. The summed E-state index contributed by atoms with van der Waals surface area (Å²) in [4.78, 5) is 55.1. The van der Waals surface area contributed by atoms with Crippen LogP contribution in [0, 0.1) is 11.8 Å². The molecule has 0 radical (unpaired) electrons. The van der Waals surface area contributed by atoms with Crippen LogP contribution >= 0.6 is 0 Å². The molecule has 1 fully saturated rings. The number of hydrogen-bond acceptors (Lipinski definition) is 12. The summed E-state index contributed by atoms with van der Waals surface area (Å²) in [6.07, 6.45) is -6.09. The SMILES string of the molecule is CCOC(=O)[C@@H]1[C@@H](Cc2ccnc(NC(=O)OC(C)OC(=O)C(C)C)c2)C(=O)N1C(O)N[C@H](C)c1ccc2c(c1)OC(F)(F)O2. The number of fused-ring (bicyclic) bond motifs is 1. The molecule has 1 aromatic heterocycles. The standard InChI is InChI=1S/C29H34F2N4O10/c1-6-41-26(38)23-19(11-17-9-10-32-22(12-17)34-28(40)43-16(5)42-25(37)14(2)3)24(36)35(23)27(39)33-15(4)18-7-8-20-21(13-18)45-29(30,31)44-20/h7-10,12-16,19,23,27,33,39H,6,11H2,1-5H3,(H,32,34,40)/t15-,16?,19-,23+,27?/m1/s1. The number of rotatable bonds is 12. The smallest absolute Gasteiger partial charge is 0.464 e. The van der Waals surface area contributed by atoms with Gasteiger partial charge in [0.15, 0.2) is 17.9 Å². The third-order valence-electron chi connectivity index (χ3n) is 6.91. The van der Waals surface area contributed by atoms with E-state index in [9.17, 15) is 33.1 Å². The largest absolute Gasteiger partial charge is 0.586 e. The molecule has 45 heavy (non-hydrogen) atoms. The van der Waals surface area contributed by atoms with E-state index >= 15 is 0 Å². The number of alkyl halides is 2. The van der Waals surface area contributed by atoms with Crippen LogP contribution < -0.4 is 20.1 Å². The van der Waals surface area contributed by atoms with E-state index in [2.05, 4.69) is 25.1 Å². The van der Waals surface area contributed by atoms with Gasteiger partial charge in [0.2, 0.25) is 12.2 Å². The van der Waals surface area contributed by atoms with Gasteiger partial charge < -0.3 is 28.8 Å². The molecular weight excluding hydrogens is 602 g/mol. The Hall–Kier alpha value is -4.57. The molecule has 0 spiro atoms. The minimum Gasteiger partial charge on any atom is -0.464 e. The fourth-order valence-electron chi connectivity index (χ4n) is 4.72. The van der Waals surface area contributed by atoms with Gasteiger partial charge in [0, 0.05) is 19.2 Å². The lowest BCUT2D eigenvalue weighted by atomic mass is 9.82. The summed E-state index contributed by atoms with van der Waals surface area (Å²) in [6.45, 7) is 7.90. The molecule has 0 bridgehead atoms. The predicted octanol–water partition coefficient (Wildman–Crippen LogP) is 3.06. The first-order chi connectivity index (χ1) is 21.2. The number of aliphatic hydroxyl groups is 1. The molecule has 2 aliphatic rings. The highest BCUT2D eigenvalue weighted by Crippen LogP contribution is 2.42. The maximum atomic E-state index is 13.4. The van der Waals surface area contributed by atoms with E-state index in [-0.39, 0.29) is 30.3 Å². The van der Waals surface area contributed by atoms with Crippen molar-refractivity contribution in [2.75, 3.05) is 11.9 Å². The monoisotopic (exact) mass is 636 g/mol. The number of carbonyl (C=O) groups is 4. The van der Waals surface area contributed by atoms with Crippen molar-refractivity contribution in [3.63, 3.8) is 0 Å². The van der Waals surface area contributed by atoms with Crippen molar-refractivity contribution >= 4 is 29.8 Å². The van der Waals surface area contributed by atoms with Gasteiger partial charge in [0.25, 0.3) is 0 Å². The van der Waals surface area contributed by atoms with Crippen LogP contribution in [0.3, 0.4) is 0 Å². The van der Waals surface area contributed by atoms with Crippen LogP contribution in [0.5, 0.6) is 11.5 Å². The summed E-state index contributed by atoms with van der Waals surface area (Å²) >= 11 is 0. The maximum absolute atomic E-state index is 13.4. The molecular formula is C29H34F2N4O10. The molecule has 2 aromatic rings. The number of anilines is 1. The lowest BCUT2D eigenvalue weighted by Gasteiger charge is -2.48. The lowest BCUT2D eigenvalue weighted by Crippen LogP contribution is -2.70. The normalized spacial score (nSPS) is 20.1. The van der Waals surface area contributed by atoms with E-state index in [1.54, 1.807) is 33.8 Å². The second kappa shape index (κ2) is 13.6. The number of amides is 2. The first kappa shape index (κ1) is 33.3. The first-order valence-corrected chi connectivity index (χ1v) is 14.1. The number of carbonyl (C=O) groups excluding carboxylic acids is 4. The Bertz CT molecular complexity index is 1440. The molecule has 16 heteroatoms. The van der Waals surface area contributed by atoms with E-state index in [0.29, 0.717) is 11.1 Å². The van der Waals surface area contributed by atoms with Crippen molar-refractivity contribution in [3.05, 3.63) is 47.7 Å². The van der Waals surface area contributed by atoms with Gasteiger partial charge in [-0.1, -0.05) is 19.9 Å². The van der Waals surface area contributed by atoms with Crippen molar-refractivity contribution in [2.24, 2.45) is 11.8 Å². The zero-order valence-corrected chi connectivity index (χ0v) is 25.1. The van der Waals surface area contributed by atoms with E-state index < -0.39 is 66.8 Å². The Balaban J connectivity index is 1.40. The highest BCUT2D eigenvalue weighted by molar-refractivity contribution is 5.97. The van der Waals surface area contributed by atoms with Crippen molar-refractivity contribution in [2.45, 2.75) is 72.1 Å². The summed E-state index contributed by atoms with van der Waals surface area (Å²) < 4.78 is 50.9. The van der Waals surface area contributed by atoms with Crippen molar-refractivity contribution < 1.29 is 56.7 Å². The number of pyridine rings is 1. The fourth-order valence-corrected chi connectivity index (χ4v) is 4.72. The predicted molar refractivity (Wildman–Crippen MR) is 149 cm³/mol. The Morgan fingerprint density at radius 2 is 1.80 bits per heavy atom. The van der Waals surface area contributed by atoms with Gasteiger partial charge in [-0.3, -0.25) is 25.1 Å². The molecule has 4 rings (SSSR count). The number of aromatic nitrogens is 1. The van der Waals surface area contributed by atoms with Gasteiger partial charge in [-0.15, -0.1) is 8.78 Å².